The fourth-order valence-corrected chi connectivity index (χ4v) is 6.19. The van der Waals surface area contributed by atoms with E-state index in [0.29, 0.717) is 31.7 Å². The minimum atomic E-state index is -3.54. The number of amides is 1. The van der Waals surface area contributed by atoms with Crippen LogP contribution in [0.5, 0.6) is 0 Å². The summed E-state index contributed by atoms with van der Waals surface area (Å²) in [6, 6.07) is 27.4. The number of carbonyl (C=O) groups excluding carboxylic acids is 1. The molecule has 3 aromatic rings. The van der Waals surface area contributed by atoms with E-state index >= 15 is 0 Å². The molecule has 0 unspecified atom stereocenters. The summed E-state index contributed by atoms with van der Waals surface area (Å²) >= 11 is 0. The lowest BCUT2D eigenvalue weighted by Crippen LogP contribution is -2.49. The molecule has 3 aromatic carbocycles. The standard InChI is InChI=1S/C28H33N3O3S/c1-3-31(4-2)35(33,34)26-17-15-25(16-18-26)28(32)30-21-19-29(20-22-30)27(23-11-7-5-8-12-23)24-13-9-6-10-14-24/h5-18,27H,3-4,19-22H2,1-2H3. The molecule has 35 heavy (non-hydrogen) atoms. The van der Waals surface area contributed by atoms with Gasteiger partial charge in [0.1, 0.15) is 0 Å². The molecule has 1 saturated heterocycles. The van der Waals surface area contributed by atoms with Crippen LogP contribution in [0.15, 0.2) is 89.8 Å². The molecular weight excluding hydrogens is 458 g/mol. The number of benzene rings is 3. The minimum absolute atomic E-state index is 0.0626. The third-order valence-electron chi connectivity index (χ3n) is 6.64. The van der Waals surface area contributed by atoms with Gasteiger partial charge in [-0.25, -0.2) is 8.42 Å². The summed E-state index contributed by atoms with van der Waals surface area (Å²) in [6.07, 6.45) is 0. The highest BCUT2D eigenvalue weighted by Gasteiger charge is 2.29. The van der Waals surface area contributed by atoms with Gasteiger partial charge in [-0.15, -0.1) is 0 Å². The molecular formula is C28H33N3O3S. The maximum atomic E-state index is 13.2. The van der Waals surface area contributed by atoms with Crippen LogP contribution in [0.25, 0.3) is 0 Å². The normalized spacial score (nSPS) is 15.0. The number of piperazine rings is 1. The first kappa shape index (κ1) is 25.1. The molecule has 1 amide bonds. The SMILES string of the molecule is CCN(CC)S(=O)(=O)c1ccc(C(=O)N2CCN(C(c3ccccc3)c3ccccc3)CC2)cc1. The van der Waals surface area contributed by atoms with Gasteiger partial charge in [0.2, 0.25) is 10.0 Å². The zero-order valence-corrected chi connectivity index (χ0v) is 21.2. The van der Waals surface area contributed by atoms with Crippen LogP contribution in [0, 0.1) is 0 Å². The Labute approximate surface area is 208 Å². The second-order valence-corrected chi connectivity index (χ2v) is 10.6. The summed E-state index contributed by atoms with van der Waals surface area (Å²) in [5, 5.41) is 0. The number of hydrogen-bond acceptors (Lipinski definition) is 4. The second-order valence-electron chi connectivity index (χ2n) is 8.67. The van der Waals surface area contributed by atoms with Crippen LogP contribution in [0.1, 0.15) is 41.4 Å². The van der Waals surface area contributed by atoms with E-state index in [1.54, 1.807) is 12.1 Å². The fourth-order valence-electron chi connectivity index (χ4n) is 4.73. The Balaban J connectivity index is 1.46. The van der Waals surface area contributed by atoms with Gasteiger partial charge in [-0.2, -0.15) is 4.31 Å². The smallest absolute Gasteiger partial charge is 0.253 e. The first-order valence-electron chi connectivity index (χ1n) is 12.2. The summed E-state index contributed by atoms with van der Waals surface area (Å²) in [4.78, 5) is 17.7. The number of sulfonamides is 1. The first-order valence-corrected chi connectivity index (χ1v) is 13.6. The third kappa shape index (κ3) is 5.48. The summed E-state index contributed by atoms with van der Waals surface area (Å²) in [5.41, 5.74) is 2.99. The van der Waals surface area contributed by atoms with E-state index in [9.17, 15) is 13.2 Å². The van der Waals surface area contributed by atoms with E-state index in [-0.39, 0.29) is 16.8 Å². The largest absolute Gasteiger partial charge is 0.336 e. The highest BCUT2D eigenvalue weighted by atomic mass is 32.2. The summed E-state index contributed by atoms with van der Waals surface area (Å²) in [6.45, 7) is 7.22. The zero-order chi connectivity index (χ0) is 24.8. The van der Waals surface area contributed by atoms with Gasteiger partial charge in [0.05, 0.1) is 10.9 Å². The highest BCUT2D eigenvalue weighted by Crippen LogP contribution is 2.29. The van der Waals surface area contributed by atoms with Crippen LogP contribution in [-0.4, -0.2) is 67.7 Å². The molecule has 0 N–H and O–H groups in total. The van der Waals surface area contributed by atoms with Crippen molar-refractivity contribution in [1.82, 2.24) is 14.1 Å². The van der Waals surface area contributed by atoms with E-state index in [1.165, 1.54) is 27.6 Å². The van der Waals surface area contributed by atoms with Crippen molar-refractivity contribution < 1.29 is 13.2 Å². The Morgan fingerprint density at radius 1 is 0.771 bits per heavy atom. The van der Waals surface area contributed by atoms with Gasteiger partial charge in [-0.1, -0.05) is 74.5 Å². The van der Waals surface area contributed by atoms with E-state index in [2.05, 4.69) is 53.4 Å². The Morgan fingerprint density at radius 3 is 1.71 bits per heavy atom. The van der Waals surface area contributed by atoms with Crippen LogP contribution in [0.2, 0.25) is 0 Å². The van der Waals surface area contributed by atoms with E-state index in [0.717, 1.165) is 13.1 Å². The van der Waals surface area contributed by atoms with Gasteiger partial charge in [0.15, 0.2) is 0 Å². The van der Waals surface area contributed by atoms with Gasteiger partial charge in [-0.05, 0) is 35.4 Å². The van der Waals surface area contributed by atoms with Crippen molar-refractivity contribution in [2.75, 3.05) is 39.3 Å². The van der Waals surface area contributed by atoms with Crippen LogP contribution in [0.4, 0.5) is 0 Å². The molecule has 1 aliphatic heterocycles. The molecule has 4 rings (SSSR count). The highest BCUT2D eigenvalue weighted by molar-refractivity contribution is 7.89. The van der Waals surface area contributed by atoms with Gasteiger partial charge >= 0.3 is 0 Å². The van der Waals surface area contributed by atoms with Crippen molar-refractivity contribution in [3.63, 3.8) is 0 Å². The van der Waals surface area contributed by atoms with Crippen LogP contribution < -0.4 is 0 Å². The van der Waals surface area contributed by atoms with E-state index in [1.807, 2.05) is 30.9 Å². The molecule has 7 heteroatoms. The van der Waals surface area contributed by atoms with E-state index in [4.69, 9.17) is 0 Å². The molecule has 184 valence electrons. The average molecular weight is 492 g/mol. The van der Waals surface area contributed by atoms with Crippen LogP contribution in [-0.2, 0) is 10.0 Å². The monoisotopic (exact) mass is 491 g/mol. The van der Waals surface area contributed by atoms with Crippen molar-refractivity contribution in [3.8, 4) is 0 Å². The Bertz CT molecular complexity index is 1160. The van der Waals surface area contributed by atoms with Crippen molar-refractivity contribution in [3.05, 3.63) is 102 Å². The van der Waals surface area contributed by atoms with E-state index < -0.39 is 10.0 Å². The maximum absolute atomic E-state index is 13.2. The first-order chi connectivity index (χ1) is 17.0. The number of nitrogens with zero attached hydrogens (tertiary/aromatic N) is 3. The molecule has 1 heterocycles. The fraction of sp³-hybridized carbons (Fsp3) is 0.321. The molecule has 0 radical (unpaired) electrons. The summed E-state index contributed by atoms with van der Waals surface area (Å²) < 4.78 is 26.9. The van der Waals surface area contributed by atoms with Gasteiger partial charge in [0, 0.05) is 44.8 Å². The number of carbonyl (C=O) groups is 1. The molecule has 0 atom stereocenters. The molecule has 1 fully saturated rings. The third-order valence-corrected chi connectivity index (χ3v) is 8.71. The zero-order valence-electron chi connectivity index (χ0n) is 20.4. The predicted molar refractivity (Wildman–Crippen MR) is 139 cm³/mol. The maximum Gasteiger partial charge on any atom is 0.253 e. The lowest BCUT2D eigenvalue weighted by molar-refractivity contribution is 0.0597. The van der Waals surface area contributed by atoms with Crippen molar-refractivity contribution in [2.45, 2.75) is 24.8 Å². The summed E-state index contributed by atoms with van der Waals surface area (Å²) in [5.74, 6) is -0.0626. The Hall–Kier alpha value is -3.00. The molecule has 0 saturated carbocycles. The van der Waals surface area contributed by atoms with Crippen LogP contribution >= 0.6 is 0 Å². The van der Waals surface area contributed by atoms with Crippen LogP contribution in [0.3, 0.4) is 0 Å². The molecule has 0 bridgehead atoms. The Morgan fingerprint density at radius 2 is 1.26 bits per heavy atom. The lowest BCUT2D eigenvalue weighted by Gasteiger charge is -2.39. The van der Waals surface area contributed by atoms with Crippen molar-refractivity contribution >= 4 is 15.9 Å². The van der Waals surface area contributed by atoms with Crippen molar-refractivity contribution in [2.24, 2.45) is 0 Å². The average Bonchev–Trinajstić information content (AvgIpc) is 2.91. The topological polar surface area (TPSA) is 60.9 Å². The van der Waals surface area contributed by atoms with Gasteiger partial charge < -0.3 is 4.90 Å². The minimum Gasteiger partial charge on any atom is -0.336 e. The summed E-state index contributed by atoms with van der Waals surface area (Å²) in [7, 11) is -3.54. The Kier molecular flexibility index (Phi) is 8.00. The van der Waals surface area contributed by atoms with Gasteiger partial charge in [0.25, 0.3) is 5.91 Å². The number of rotatable bonds is 8. The predicted octanol–water partition coefficient (Wildman–Crippen LogP) is 4.26. The lowest BCUT2D eigenvalue weighted by atomic mass is 9.96. The molecule has 6 nitrogen and oxygen atoms in total. The molecule has 0 spiro atoms. The second kappa shape index (κ2) is 11.2. The number of hydrogen-bond donors (Lipinski definition) is 0. The molecule has 0 aromatic heterocycles. The molecule has 1 aliphatic rings. The van der Waals surface area contributed by atoms with Gasteiger partial charge in [-0.3, -0.25) is 9.69 Å². The quantitative estimate of drug-likeness (QED) is 0.472. The van der Waals surface area contributed by atoms with Crippen molar-refractivity contribution in [1.29, 1.82) is 0 Å². The molecule has 0 aliphatic carbocycles.